The largest absolute Gasteiger partial charge is 0.368 e. The number of hydrogen-bond acceptors (Lipinski definition) is 3. The number of likely N-dealkylation sites (N-methyl/N-ethyl adjacent to an activating group) is 1. The summed E-state index contributed by atoms with van der Waals surface area (Å²) in [5.74, 6) is 0. The number of hydrogen-bond donors (Lipinski definition) is 0. The summed E-state index contributed by atoms with van der Waals surface area (Å²) in [4.78, 5) is 8.86. The summed E-state index contributed by atoms with van der Waals surface area (Å²) in [5, 5.41) is 0. The van der Waals surface area contributed by atoms with Crippen LogP contribution in [0.5, 0.6) is 0 Å². The van der Waals surface area contributed by atoms with Crippen molar-refractivity contribution < 1.29 is 0 Å². The second-order valence-corrected chi connectivity index (χ2v) is 5.95. The van der Waals surface area contributed by atoms with Crippen molar-refractivity contribution in [2.45, 2.75) is 6.04 Å². The molecule has 0 aliphatic carbocycles. The van der Waals surface area contributed by atoms with Gasteiger partial charge in [-0.1, -0.05) is 0 Å². The molecule has 2 aromatic rings. The first-order chi connectivity index (χ1) is 9.13. The summed E-state index contributed by atoms with van der Waals surface area (Å²) in [6.45, 7) is 2.23. The van der Waals surface area contributed by atoms with Crippen LogP contribution >= 0.6 is 15.9 Å². The van der Waals surface area contributed by atoms with E-state index in [2.05, 4.69) is 69.1 Å². The van der Waals surface area contributed by atoms with Gasteiger partial charge in [-0.05, 0) is 54.3 Å². The molecule has 1 aliphatic rings. The Bertz CT molecular complexity index is 555. The minimum absolute atomic E-state index is 0.685. The van der Waals surface area contributed by atoms with E-state index in [1.165, 1.54) is 5.69 Å². The summed E-state index contributed by atoms with van der Waals surface area (Å²) in [7, 11) is 4.28. The van der Waals surface area contributed by atoms with Crippen molar-refractivity contribution in [1.82, 2.24) is 14.5 Å². The lowest BCUT2D eigenvalue weighted by atomic mass is 10.1. The molecule has 0 bridgehead atoms. The van der Waals surface area contributed by atoms with E-state index in [1.54, 1.807) is 0 Å². The van der Waals surface area contributed by atoms with Crippen molar-refractivity contribution in [3.8, 4) is 5.69 Å². The Kier molecular flexibility index (Phi) is 3.33. The van der Waals surface area contributed by atoms with Crippen LogP contribution in [0.2, 0.25) is 0 Å². The fourth-order valence-electron chi connectivity index (χ4n) is 2.27. The van der Waals surface area contributed by atoms with Gasteiger partial charge in [-0.25, -0.2) is 4.98 Å². The SMILES string of the molecule is CN(C)C1CN(c2ccc(-n3cnc(Br)c3)cc2)C1. The van der Waals surface area contributed by atoms with Crippen molar-refractivity contribution in [3.05, 3.63) is 41.4 Å². The number of rotatable bonds is 3. The monoisotopic (exact) mass is 320 g/mol. The Labute approximate surface area is 121 Å². The van der Waals surface area contributed by atoms with E-state index >= 15 is 0 Å². The molecular formula is C14H17BrN4. The lowest BCUT2D eigenvalue weighted by Crippen LogP contribution is -2.57. The van der Waals surface area contributed by atoms with Crippen molar-refractivity contribution in [3.63, 3.8) is 0 Å². The van der Waals surface area contributed by atoms with Crippen LogP contribution in [0.15, 0.2) is 41.4 Å². The summed E-state index contributed by atoms with van der Waals surface area (Å²) in [5.41, 5.74) is 2.42. The van der Waals surface area contributed by atoms with Gasteiger partial charge in [0.25, 0.3) is 0 Å². The third-order valence-electron chi connectivity index (χ3n) is 3.66. The van der Waals surface area contributed by atoms with Gasteiger partial charge in [0.15, 0.2) is 0 Å². The second kappa shape index (κ2) is 4.98. The molecular weight excluding hydrogens is 304 g/mol. The highest BCUT2D eigenvalue weighted by Crippen LogP contribution is 2.24. The predicted molar refractivity (Wildman–Crippen MR) is 81.0 cm³/mol. The highest BCUT2D eigenvalue weighted by Gasteiger charge is 2.28. The molecule has 0 amide bonds. The fraction of sp³-hybridized carbons (Fsp3) is 0.357. The molecule has 0 unspecified atom stereocenters. The number of anilines is 1. The fourth-order valence-corrected chi connectivity index (χ4v) is 2.58. The molecule has 0 spiro atoms. The second-order valence-electron chi connectivity index (χ2n) is 5.14. The molecule has 0 radical (unpaired) electrons. The highest BCUT2D eigenvalue weighted by atomic mass is 79.9. The number of nitrogens with zero attached hydrogens (tertiary/aromatic N) is 4. The molecule has 0 N–H and O–H groups in total. The maximum absolute atomic E-state index is 4.17. The number of halogens is 1. The van der Waals surface area contributed by atoms with Gasteiger partial charge in [0.1, 0.15) is 10.9 Å². The van der Waals surface area contributed by atoms with Crippen molar-refractivity contribution in [1.29, 1.82) is 0 Å². The average Bonchev–Trinajstić information content (AvgIpc) is 2.74. The Morgan fingerprint density at radius 3 is 2.32 bits per heavy atom. The molecule has 1 aromatic heterocycles. The van der Waals surface area contributed by atoms with Crippen LogP contribution in [0.1, 0.15) is 0 Å². The zero-order valence-electron chi connectivity index (χ0n) is 11.1. The average molecular weight is 321 g/mol. The van der Waals surface area contributed by atoms with Crippen LogP contribution in [-0.4, -0.2) is 47.7 Å². The minimum atomic E-state index is 0.685. The van der Waals surface area contributed by atoms with Gasteiger partial charge in [-0.3, -0.25) is 0 Å². The van der Waals surface area contributed by atoms with Crippen molar-refractivity contribution in [2.24, 2.45) is 0 Å². The standard InChI is InChI=1S/C14H17BrN4/c1-17(2)13-7-18(8-13)11-3-5-12(6-4-11)19-9-14(15)16-10-19/h3-6,9-10,13H,7-8H2,1-2H3. The Morgan fingerprint density at radius 2 is 1.79 bits per heavy atom. The number of imidazole rings is 1. The Morgan fingerprint density at radius 1 is 1.16 bits per heavy atom. The van der Waals surface area contributed by atoms with Crippen LogP contribution in [0.3, 0.4) is 0 Å². The molecule has 1 aromatic carbocycles. The van der Waals surface area contributed by atoms with E-state index in [-0.39, 0.29) is 0 Å². The van der Waals surface area contributed by atoms with E-state index in [9.17, 15) is 0 Å². The third kappa shape index (κ3) is 2.53. The van der Waals surface area contributed by atoms with Gasteiger partial charge in [0, 0.05) is 36.7 Å². The summed E-state index contributed by atoms with van der Waals surface area (Å²) in [6.07, 6.45) is 3.77. The molecule has 1 aliphatic heterocycles. The zero-order valence-corrected chi connectivity index (χ0v) is 12.7. The topological polar surface area (TPSA) is 24.3 Å². The maximum atomic E-state index is 4.17. The van der Waals surface area contributed by atoms with Gasteiger partial charge >= 0.3 is 0 Å². The third-order valence-corrected chi connectivity index (χ3v) is 4.07. The summed E-state index contributed by atoms with van der Waals surface area (Å²) in [6, 6.07) is 9.30. The molecule has 2 heterocycles. The van der Waals surface area contributed by atoms with E-state index in [0.29, 0.717) is 6.04 Å². The molecule has 5 heteroatoms. The van der Waals surface area contributed by atoms with Crippen LogP contribution in [0.4, 0.5) is 5.69 Å². The smallest absolute Gasteiger partial charge is 0.124 e. The Balaban J connectivity index is 1.70. The van der Waals surface area contributed by atoms with E-state index < -0.39 is 0 Å². The van der Waals surface area contributed by atoms with E-state index in [0.717, 1.165) is 23.4 Å². The quantitative estimate of drug-likeness (QED) is 0.868. The van der Waals surface area contributed by atoms with Gasteiger partial charge in [0.2, 0.25) is 0 Å². The van der Waals surface area contributed by atoms with Crippen LogP contribution in [0, 0.1) is 0 Å². The molecule has 0 saturated carbocycles. The van der Waals surface area contributed by atoms with Gasteiger partial charge < -0.3 is 14.4 Å². The highest BCUT2D eigenvalue weighted by molar-refractivity contribution is 9.10. The van der Waals surface area contributed by atoms with Crippen LogP contribution < -0.4 is 4.90 Å². The van der Waals surface area contributed by atoms with Gasteiger partial charge in [0.05, 0.1) is 0 Å². The van der Waals surface area contributed by atoms with Gasteiger partial charge in [-0.2, -0.15) is 0 Å². The summed E-state index contributed by atoms with van der Waals surface area (Å²) >= 11 is 3.36. The van der Waals surface area contributed by atoms with Crippen LogP contribution in [0.25, 0.3) is 5.69 Å². The lowest BCUT2D eigenvalue weighted by molar-refractivity contribution is 0.247. The van der Waals surface area contributed by atoms with Crippen LogP contribution in [-0.2, 0) is 0 Å². The molecule has 4 nitrogen and oxygen atoms in total. The molecule has 0 atom stereocenters. The first-order valence-corrected chi connectivity index (χ1v) is 7.14. The first-order valence-electron chi connectivity index (χ1n) is 6.35. The number of aromatic nitrogens is 2. The molecule has 19 heavy (non-hydrogen) atoms. The minimum Gasteiger partial charge on any atom is -0.368 e. The van der Waals surface area contributed by atoms with E-state index in [4.69, 9.17) is 0 Å². The Hall–Kier alpha value is -1.33. The van der Waals surface area contributed by atoms with Crippen molar-refractivity contribution in [2.75, 3.05) is 32.1 Å². The molecule has 1 fully saturated rings. The molecule has 1 saturated heterocycles. The van der Waals surface area contributed by atoms with E-state index in [1.807, 2.05) is 17.1 Å². The van der Waals surface area contributed by atoms with Gasteiger partial charge in [-0.15, -0.1) is 0 Å². The summed E-state index contributed by atoms with van der Waals surface area (Å²) < 4.78 is 2.86. The maximum Gasteiger partial charge on any atom is 0.124 e. The number of benzene rings is 1. The molecule has 100 valence electrons. The molecule has 3 rings (SSSR count). The van der Waals surface area contributed by atoms with Crippen molar-refractivity contribution >= 4 is 21.6 Å². The predicted octanol–water partition coefficient (Wildman–Crippen LogP) is 2.39. The zero-order chi connectivity index (χ0) is 13.4. The first kappa shape index (κ1) is 12.7. The normalized spacial score (nSPS) is 15.9. The lowest BCUT2D eigenvalue weighted by Gasteiger charge is -2.44.